The summed E-state index contributed by atoms with van der Waals surface area (Å²) in [5.41, 5.74) is 0. The lowest BCUT2D eigenvalue weighted by atomic mass is 10.2. The molecule has 1 aromatic rings. The molecule has 15 heavy (non-hydrogen) atoms. The summed E-state index contributed by atoms with van der Waals surface area (Å²) in [6, 6.07) is 0. The van der Waals surface area contributed by atoms with Gasteiger partial charge in [-0.2, -0.15) is 5.10 Å². The number of sulfonamides is 1. The van der Waals surface area contributed by atoms with Crippen LogP contribution in [0.4, 0.5) is 0 Å². The van der Waals surface area contributed by atoms with Crippen molar-refractivity contribution in [1.82, 2.24) is 14.9 Å². The Morgan fingerprint density at radius 1 is 1.67 bits per heavy atom. The van der Waals surface area contributed by atoms with Gasteiger partial charge in [0.05, 0.1) is 12.3 Å². The molecule has 6 nitrogen and oxygen atoms in total. The molecule has 0 spiro atoms. The van der Waals surface area contributed by atoms with Crippen LogP contribution in [0, 0.1) is 0 Å². The molecule has 0 aromatic carbocycles. The van der Waals surface area contributed by atoms with Gasteiger partial charge in [-0.3, -0.25) is 5.10 Å². The molecule has 7 heteroatoms. The molecule has 2 rings (SSSR count). The van der Waals surface area contributed by atoms with Gasteiger partial charge >= 0.3 is 0 Å². The van der Waals surface area contributed by atoms with Gasteiger partial charge in [-0.25, -0.2) is 13.1 Å². The third kappa shape index (κ3) is 2.55. The van der Waals surface area contributed by atoms with Crippen LogP contribution in [0.3, 0.4) is 0 Å². The van der Waals surface area contributed by atoms with E-state index >= 15 is 0 Å². The van der Waals surface area contributed by atoms with Crippen LogP contribution < -0.4 is 4.72 Å². The second-order valence-electron chi connectivity index (χ2n) is 3.42. The standard InChI is InChI=1S/C8H13N3O3S/c12-15(13,8-5-9-10-6-8)11-4-7-2-1-3-14-7/h5-7,11H,1-4H2,(H,9,10). The first kappa shape index (κ1) is 10.6. The summed E-state index contributed by atoms with van der Waals surface area (Å²) in [6.45, 7) is 1.05. The molecule has 1 atom stereocenters. The predicted molar refractivity (Wildman–Crippen MR) is 52.8 cm³/mol. The van der Waals surface area contributed by atoms with Crippen molar-refractivity contribution in [3.8, 4) is 0 Å². The highest BCUT2D eigenvalue weighted by molar-refractivity contribution is 7.89. The number of hydrogen-bond acceptors (Lipinski definition) is 4. The monoisotopic (exact) mass is 231 g/mol. The van der Waals surface area contributed by atoms with Crippen LogP contribution in [0.5, 0.6) is 0 Å². The lowest BCUT2D eigenvalue weighted by Crippen LogP contribution is -2.31. The lowest BCUT2D eigenvalue weighted by Gasteiger charge is -2.09. The summed E-state index contributed by atoms with van der Waals surface area (Å²) in [6.07, 6.45) is 4.54. The summed E-state index contributed by atoms with van der Waals surface area (Å²) >= 11 is 0. The van der Waals surface area contributed by atoms with E-state index in [4.69, 9.17) is 4.74 Å². The summed E-state index contributed by atoms with van der Waals surface area (Å²) in [4.78, 5) is 0.153. The molecule has 0 aliphatic carbocycles. The van der Waals surface area contributed by atoms with Crippen molar-refractivity contribution in [2.75, 3.05) is 13.2 Å². The maximum absolute atomic E-state index is 11.6. The summed E-state index contributed by atoms with van der Waals surface area (Å²) in [7, 11) is -3.43. The minimum absolute atomic E-state index is 0.00618. The Kier molecular flexibility index (Phi) is 3.03. The molecule has 0 amide bonds. The summed E-state index contributed by atoms with van der Waals surface area (Å²) in [5, 5.41) is 6.06. The SMILES string of the molecule is O=S(=O)(NCC1CCCO1)c1cn[nH]c1. The van der Waals surface area contributed by atoms with Crippen LogP contribution in [-0.4, -0.2) is 37.9 Å². The van der Waals surface area contributed by atoms with Gasteiger partial charge in [-0.1, -0.05) is 0 Å². The van der Waals surface area contributed by atoms with E-state index < -0.39 is 10.0 Å². The smallest absolute Gasteiger partial charge is 0.243 e. The zero-order valence-electron chi connectivity index (χ0n) is 8.14. The second-order valence-corrected chi connectivity index (χ2v) is 5.19. The molecule has 1 fully saturated rings. The molecule has 2 heterocycles. The Morgan fingerprint density at radius 2 is 2.53 bits per heavy atom. The number of rotatable bonds is 4. The molecule has 0 radical (unpaired) electrons. The molecule has 0 bridgehead atoms. The first-order chi connectivity index (χ1) is 7.18. The highest BCUT2D eigenvalue weighted by Gasteiger charge is 2.20. The van der Waals surface area contributed by atoms with E-state index in [1.165, 1.54) is 12.4 Å². The van der Waals surface area contributed by atoms with Gasteiger partial charge in [0, 0.05) is 19.3 Å². The Bertz CT molecular complexity index is 395. The Labute approximate surface area is 88.1 Å². The average Bonchev–Trinajstić information content (AvgIpc) is 2.88. The van der Waals surface area contributed by atoms with Crippen LogP contribution in [0.1, 0.15) is 12.8 Å². The van der Waals surface area contributed by atoms with Crippen molar-refractivity contribution in [1.29, 1.82) is 0 Å². The van der Waals surface area contributed by atoms with Gasteiger partial charge in [-0.05, 0) is 12.8 Å². The fraction of sp³-hybridized carbons (Fsp3) is 0.625. The van der Waals surface area contributed by atoms with Crippen LogP contribution >= 0.6 is 0 Å². The molecule has 1 aliphatic rings. The quantitative estimate of drug-likeness (QED) is 0.756. The number of hydrogen-bond donors (Lipinski definition) is 2. The van der Waals surface area contributed by atoms with E-state index in [1.807, 2.05) is 0 Å². The number of aromatic amines is 1. The molecule has 1 unspecified atom stereocenters. The zero-order valence-corrected chi connectivity index (χ0v) is 8.96. The molecule has 1 saturated heterocycles. The molecule has 1 aromatic heterocycles. The topological polar surface area (TPSA) is 84.1 Å². The van der Waals surface area contributed by atoms with Crippen molar-refractivity contribution in [2.45, 2.75) is 23.8 Å². The van der Waals surface area contributed by atoms with Crippen LogP contribution in [0.15, 0.2) is 17.3 Å². The molecular weight excluding hydrogens is 218 g/mol. The van der Waals surface area contributed by atoms with Crippen molar-refractivity contribution in [3.63, 3.8) is 0 Å². The van der Waals surface area contributed by atoms with Crippen LogP contribution in [0.2, 0.25) is 0 Å². The molecule has 84 valence electrons. The second kappa shape index (κ2) is 4.30. The number of nitrogens with one attached hydrogen (secondary N) is 2. The first-order valence-corrected chi connectivity index (χ1v) is 6.27. The highest BCUT2D eigenvalue weighted by atomic mass is 32.2. The van der Waals surface area contributed by atoms with Gasteiger partial charge < -0.3 is 4.74 Å². The van der Waals surface area contributed by atoms with Crippen molar-refractivity contribution in [2.24, 2.45) is 0 Å². The number of ether oxygens (including phenoxy) is 1. The van der Waals surface area contributed by atoms with E-state index in [-0.39, 0.29) is 11.0 Å². The Morgan fingerprint density at radius 3 is 3.13 bits per heavy atom. The van der Waals surface area contributed by atoms with Crippen LogP contribution in [0.25, 0.3) is 0 Å². The minimum atomic E-state index is -3.43. The summed E-state index contributed by atoms with van der Waals surface area (Å²) < 4.78 is 31.1. The largest absolute Gasteiger partial charge is 0.377 e. The molecule has 0 saturated carbocycles. The van der Waals surface area contributed by atoms with Crippen LogP contribution in [-0.2, 0) is 14.8 Å². The van der Waals surface area contributed by atoms with E-state index in [1.54, 1.807) is 0 Å². The third-order valence-corrected chi connectivity index (χ3v) is 3.70. The maximum Gasteiger partial charge on any atom is 0.243 e. The van der Waals surface area contributed by atoms with Gasteiger partial charge in [0.1, 0.15) is 4.90 Å². The zero-order chi connectivity index (χ0) is 10.7. The van der Waals surface area contributed by atoms with Crippen molar-refractivity contribution >= 4 is 10.0 Å². The number of H-pyrrole nitrogens is 1. The van der Waals surface area contributed by atoms with Gasteiger partial charge in [-0.15, -0.1) is 0 Å². The molecule has 1 aliphatic heterocycles. The fourth-order valence-electron chi connectivity index (χ4n) is 1.48. The fourth-order valence-corrected chi connectivity index (χ4v) is 2.45. The Hall–Kier alpha value is -0.920. The molecule has 2 N–H and O–H groups in total. The molecular formula is C8H13N3O3S. The average molecular weight is 231 g/mol. The van der Waals surface area contributed by atoms with Crippen molar-refractivity contribution < 1.29 is 13.2 Å². The van der Waals surface area contributed by atoms with Gasteiger partial charge in [0.2, 0.25) is 10.0 Å². The van der Waals surface area contributed by atoms with E-state index in [9.17, 15) is 8.42 Å². The van der Waals surface area contributed by atoms with Crippen molar-refractivity contribution in [3.05, 3.63) is 12.4 Å². The first-order valence-electron chi connectivity index (χ1n) is 4.78. The minimum Gasteiger partial charge on any atom is -0.377 e. The van der Waals surface area contributed by atoms with Gasteiger partial charge in [0.25, 0.3) is 0 Å². The Balaban J connectivity index is 1.93. The number of aromatic nitrogens is 2. The van der Waals surface area contributed by atoms with Gasteiger partial charge in [0.15, 0.2) is 0 Å². The predicted octanol–water partition coefficient (Wildman–Crippen LogP) is -0.133. The van der Waals surface area contributed by atoms with E-state index in [0.717, 1.165) is 19.4 Å². The van der Waals surface area contributed by atoms with E-state index in [2.05, 4.69) is 14.9 Å². The number of nitrogens with zero attached hydrogens (tertiary/aromatic N) is 1. The highest BCUT2D eigenvalue weighted by Crippen LogP contribution is 2.12. The van der Waals surface area contributed by atoms with E-state index in [0.29, 0.717) is 6.54 Å². The lowest BCUT2D eigenvalue weighted by molar-refractivity contribution is 0.114. The third-order valence-electron chi connectivity index (χ3n) is 2.31. The summed E-state index contributed by atoms with van der Waals surface area (Å²) in [5.74, 6) is 0. The maximum atomic E-state index is 11.6. The normalized spacial score (nSPS) is 22.0.